The van der Waals surface area contributed by atoms with E-state index >= 15 is 0 Å². The number of nitrogens with one attached hydrogen (secondary N) is 1. The normalized spacial score (nSPS) is 12.3. The molecule has 0 aliphatic rings. The minimum atomic E-state index is -0.692. The Bertz CT molecular complexity index is 801. The van der Waals surface area contributed by atoms with Crippen molar-refractivity contribution < 1.29 is 14.3 Å². The van der Waals surface area contributed by atoms with Gasteiger partial charge in [0.25, 0.3) is 5.91 Å². The summed E-state index contributed by atoms with van der Waals surface area (Å²) < 4.78 is 5.70. The van der Waals surface area contributed by atoms with E-state index in [1.54, 1.807) is 31.2 Å². The van der Waals surface area contributed by atoms with Gasteiger partial charge in [0.1, 0.15) is 5.75 Å². The molecule has 0 spiro atoms. The highest BCUT2D eigenvalue weighted by molar-refractivity contribution is 6.31. The minimum Gasteiger partial charge on any atom is -0.481 e. The van der Waals surface area contributed by atoms with Crippen LogP contribution in [-0.2, 0) is 11.2 Å². The molecular formula is C21H24ClNO3. The average molecular weight is 374 g/mol. The number of hydrogen-bond donors (Lipinski definition) is 1. The zero-order chi connectivity index (χ0) is 19.3. The predicted molar refractivity (Wildman–Crippen MR) is 104 cm³/mol. The van der Waals surface area contributed by atoms with Gasteiger partial charge in [0, 0.05) is 16.1 Å². The Morgan fingerprint density at radius 1 is 1.15 bits per heavy atom. The second-order valence-electron chi connectivity index (χ2n) is 6.99. The van der Waals surface area contributed by atoms with Gasteiger partial charge in [-0.05, 0) is 57.9 Å². The van der Waals surface area contributed by atoms with Gasteiger partial charge in [0.2, 0.25) is 0 Å². The van der Waals surface area contributed by atoms with Gasteiger partial charge in [-0.25, -0.2) is 0 Å². The molecule has 4 nitrogen and oxygen atoms in total. The number of carbonyl (C=O) groups excluding carboxylic acids is 2. The molecule has 0 saturated carbocycles. The Morgan fingerprint density at radius 2 is 1.85 bits per heavy atom. The second kappa shape index (κ2) is 8.37. The van der Waals surface area contributed by atoms with Gasteiger partial charge < -0.3 is 10.1 Å². The quantitative estimate of drug-likeness (QED) is 0.729. The van der Waals surface area contributed by atoms with E-state index in [0.29, 0.717) is 22.8 Å². The van der Waals surface area contributed by atoms with Crippen molar-refractivity contribution in [2.24, 2.45) is 0 Å². The van der Waals surface area contributed by atoms with Gasteiger partial charge in [-0.1, -0.05) is 41.9 Å². The summed E-state index contributed by atoms with van der Waals surface area (Å²) in [6.07, 6.45) is -0.0898. The Morgan fingerprint density at radius 3 is 2.50 bits per heavy atom. The molecule has 2 aromatic carbocycles. The number of hydrogen-bond acceptors (Lipinski definition) is 3. The van der Waals surface area contributed by atoms with Crippen LogP contribution >= 0.6 is 11.6 Å². The summed E-state index contributed by atoms with van der Waals surface area (Å²) in [6.45, 7) is 7.06. The first kappa shape index (κ1) is 20.0. The number of ketones is 1. The number of halogens is 1. The molecule has 26 heavy (non-hydrogen) atoms. The van der Waals surface area contributed by atoms with Gasteiger partial charge in [-0.15, -0.1) is 0 Å². The molecule has 138 valence electrons. The molecule has 2 rings (SSSR count). The van der Waals surface area contributed by atoms with Crippen LogP contribution in [-0.4, -0.2) is 23.3 Å². The molecular weight excluding hydrogens is 350 g/mol. The van der Waals surface area contributed by atoms with Gasteiger partial charge in [-0.2, -0.15) is 0 Å². The maximum Gasteiger partial charge on any atom is 0.261 e. The fraction of sp³-hybridized carbons (Fsp3) is 0.333. The lowest BCUT2D eigenvalue weighted by Gasteiger charge is -2.28. The maximum absolute atomic E-state index is 12.5. The Kier molecular flexibility index (Phi) is 6.43. The smallest absolute Gasteiger partial charge is 0.261 e. The van der Waals surface area contributed by atoms with E-state index in [1.165, 1.54) is 6.92 Å². The topological polar surface area (TPSA) is 55.4 Å². The Hall–Kier alpha value is -2.33. The van der Waals surface area contributed by atoms with Gasteiger partial charge in [-0.3, -0.25) is 9.59 Å². The third kappa shape index (κ3) is 5.60. The summed E-state index contributed by atoms with van der Waals surface area (Å²) in [4.78, 5) is 24.0. The summed E-state index contributed by atoms with van der Waals surface area (Å²) in [5.74, 6) is 0.216. The highest BCUT2D eigenvalue weighted by atomic mass is 35.5. The number of ether oxygens (including phenoxy) is 1. The van der Waals surface area contributed by atoms with E-state index < -0.39 is 11.6 Å². The van der Waals surface area contributed by atoms with Crippen LogP contribution in [0.25, 0.3) is 0 Å². The van der Waals surface area contributed by atoms with Gasteiger partial charge in [0.05, 0.1) is 0 Å². The summed E-state index contributed by atoms with van der Waals surface area (Å²) in [5.41, 5.74) is 1.04. The average Bonchev–Trinajstić information content (AvgIpc) is 2.56. The van der Waals surface area contributed by atoms with E-state index in [1.807, 2.05) is 38.1 Å². The summed E-state index contributed by atoms with van der Waals surface area (Å²) >= 11 is 6.21. The van der Waals surface area contributed by atoms with Crippen molar-refractivity contribution in [1.29, 1.82) is 0 Å². The Balaban J connectivity index is 2.00. The van der Waals surface area contributed by atoms with E-state index in [-0.39, 0.29) is 11.7 Å². The lowest BCUT2D eigenvalue weighted by molar-refractivity contribution is -0.128. The van der Waals surface area contributed by atoms with E-state index in [0.717, 1.165) is 5.56 Å². The van der Waals surface area contributed by atoms with Crippen molar-refractivity contribution in [2.75, 3.05) is 0 Å². The van der Waals surface area contributed by atoms with Crippen LogP contribution in [0.1, 0.15) is 43.6 Å². The summed E-state index contributed by atoms with van der Waals surface area (Å²) in [6, 6.07) is 14.4. The van der Waals surface area contributed by atoms with Crippen molar-refractivity contribution in [3.63, 3.8) is 0 Å². The molecule has 0 fully saturated rings. The molecule has 1 unspecified atom stereocenters. The van der Waals surface area contributed by atoms with Gasteiger partial charge >= 0.3 is 0 Å². The highest BCUT2D eigenvalue weighted by Gasteiger charge is 2.25. The fourth-order valence-corrected chi connectivity index (χ4v) is 2.85. The fourth-order valence-electron chi connectivity index (χ4n) is 2.64. The first-order valence-electron chi connectivity index (χ1n) is 8.51. The lowest BCUT2D eigenvalue weighted by Crippen LogP contribution is -2.49. The number of amides is 1. The van der Waals surface area contributed by atoms with Crippen LogP contribution < -0.4 is 10.1 Å². The molecule has 5 heteroatoms. The van der Waals surface area contributed by atoms with Crippen LogP contribution in [0.2, 0.25) is 5.02 Å². The molecule has 1 atom stereocenters. The largest absolute Gasteiger partial charge is 0.481 e. The van der Waals surface area contributed by atoms with Crippen LogP contribution in [0.4, 0.5) is 0 Å². The van der Waals surface area contributed by atoms with Crippen molar-refractivity contribution in [2.45, 2.75) is 45.8 Å². The van der Waals surface area contributed by atoms with Crippen LogP contribution in [0.3, 0.4) is 0 Å². The first-order chi connectivity index (χ1) is 12.2. The number of Topliss-reactive ketones (excluding diaryl/α,β-unsaturated/α-hetero) is 1. The third-order valence-corrected chi connectivity index (χ3v) is 4.34. The predicted octanol–water partition coefficient (Wildman–Crippen LogP) is 4.45. The third-order valence-electron chi connectivity index (χ3n) is 3.97. The van der Waals surface area contributed by atoms with Crippen LogP contribution in [0.15, 0.2) is 48.5 Å². The minimum absolute atomic E-state index is 0.0478. The molecule has 0 aromatic heterocycles. The molecule has 0 saturated heterocycles. The number of benzene rings is 2. The first-order valence-corrected chi connectivity index (χ1v) is 8.89. The molecule has 1 N–H and O–H groups in total. The molecule has 0 heterocycles. The van der Waals surface area contributed by atoms with E-state index in [4.69, 9.17) is 16.3 Å². The van der Waals surface area contributed by atoms with Crippen LogP contribution in [0.5, 0.6) is 5.75 Å². The van der Waals surface area contributed by atoms with Crippen molar-refractivity contribution in [3.05, 3.63) is 64.7 Å². The lowest BCUT2D eigenvalue weighted by atomic mass is 9.94. The highest BCUT2D eigenvalue weighted by Crippen LogP contribution is 2.21. The van der Waals surface area contributed by atoms with Gasteiger partial charge in [0.15, 0.2) is 11.9 Å². The maximum atomic E-state index is 12.5. The second-order valence-corrected chi connectivity index (χ2v) is 7.39. The summed E-state index contributed by atoms with van der Waals surface area (Å²) in [7, 11) is 0. The zero-order valence-corrected chi connectivity index (χ0v) is 16.3. The van der Waals surface area contributed by atoms with Crippen molar-refractivity contribution >= 4 is 23.3 Å². The molecule has 1 amide bonds. The van der Waals surface area contributed by atoms with E-state index in [2.05, 4.69) is 5.32 Å². The number of rotatable bonds is 7. The standard InChI is InChI=1S/C21H24ClNO3/c1-14(24)16-9-7-10-18(12-16)26-15(2)20(25)23-21(3,4)13-17-8-5-6-11-19(17)22/h5-12,15H,13H2,1-4H3,(H,23,25). The molecule has 2 aromatic rings. The van der Waals surface area contributed by atoms with E-state index in [9.17, 15) is 9.59 Å². The molecule has 0 radical (unpaired) electrons. The monoisotopic (exact) mass is 373 g/mol. The Labute approximate surface area is 159 Å². The number of carbonyl (C=O) groups is 2. The zero-order valence-electron chi connectivity index (χ0n) is 15.5. The molecule has 0 bridgehead atoms. The van der Waals surface area contributed by atoms with Crippen molar-refractivity contribution in [1.82, 2.24) is 5.32 Å². The SMILES string of the molecule is CC(=O)c1cccc(OC(C)C(=O)NC(C)(C)Cc2ccccc2Cl)c1. The van der Waals surface area contributed by atoms with Crippen LogP contribution in [0, 0.1) is 0 Å². The molecule has 0 aliphatic heterocycles. The molecule has 0 aliphatic carbocycles. The summed E-state index contributed by atoms with van der Waals surface area (Å²) in [5, 5.41) is 3.68. The van der Waals surface area contributed by atoms with Crippen molar-refractivity contribution in [3.8, 4) is 5.75 Å².